The molecule has 0 radical (unpaired) electrons. The van der Waals surface area contributed by atoms with Crippen molar-refractivity contribution in [3.05, 3.63) is 42.0 Å². The maximum atomic E-state index is 4.82. The quantitative estimate of drug-likeness (QED) is 0.798. The zero-order valence-corrected chi connectivity index (χ0v) is 13.4. The van der Waals surface area contributed by atoms with Crippen molar-refractivity contribution in [2.75, 3.05) is 5.32 Å². The van der Waals surface area contributed by atoms with Gasteiger partial charge < -0.3 is 9.88 Å². The van der Waals surface area contributed by atoms with Crippen LogP contribution in [-0.4, -0.2) is 19.5 Å². The van der Waals surface area contributed by atoms with Crippen molar-refractivity contribution in [3.8, 4) is 0 Å². The van der Waals surface area contributed by atoms with E-state index in [2.05, 4.69) is 51.0 Å². The summed E-state index contributed by atoms with van der Waals surface area (Å²) in [5, 5.41) is 3.40. The molecule has 0 unspecified atom stereocenters. The van der Waals surface area contributed by atoms with E-state index in [-0.39, 0.29) is 0 Å². The van der Waals surface area contributed by atoms with Gasteiger partial charge in [-0.2, -0.15) is 0 Å². The van der Waals surface area contributed by atoms with Crippen molar-refractivity contribution >= 4 is 22.7 Å². The van der Waals surface area contributed by atoms with Gasteiger partial charge in [-0.15, -0.1) is 0 Å². The van der Waals surface area contributed by atoms with E-state index in [1.54, 1.807) is 6.33 Å². The average molecular weight is 307 g/mol. The van der Waals surface area contributed by atoms with Crippen molar-refractivity contribution in [2.24, 2.45) is 0 Å². The second kappa shape index (κ2) is 5.99. The number of rotatable bonds is 3. The second-order valence-corrected chi connectivity index (χ2v) is 6.06. The van der Waals surface area contributed by atoms with E-state index >= 15 is 0 Å². The van der Waals surface area contributed by atoms with Crippen LogP contribution in [0.3, 0.4) is 0 Å². The van der Waals surface area contributed by atoms with Crippen molar-refractivity contribution in [1.29, 1.82) is 0 Å². The topological polar surface area (TPSA) is 55.6 Å². The SMILES string of the molecule is CCc1ccc(Nc2ncnc3c2nc2n3CCCCC2)cc1. The van der Waals surface area contributed by atoms with Crippen LogP contribution in [0.15, 0.2) is 30.6 Å². The van der Waals surface area contributed by atoms with Gasteiger partial charge in [-0.3, -0.25) is 0 Å². The molecule has 5 heteroatoms. The molecule has 5 nitrogen and oxygen atoms in total. The van der Waals surface area contributed by atoms with E-state index in [0.717, 1.165) is 47.9 Å². The predicted molar refractivity (Wildman–Crippen MR) is 92.0 cm³/mol. The average Bonchev–Trinajstić information content (AvgIpc) is 2.78. The van der Waals surface area contributed by atoms with Gasteiger partial charge in [0.15, 0.2) is 17.0 Å². The van der Waals surface area contributed by atoms with Gasteiger partial charge in [0, 0.05) is 18.7 Å². The molecule has 2 aromatic heterocycles. The van der Waals surface area contributed by atoms with Gasteiger partial charge >= 0.3 is 0 Å². The van der Waals surface area contributed by atoms with E-state index in [0.29, 0.717) is 0 Å². The number of nitrogens with zero attached hydrogens (tertiary/aromatic N) is 4. The Morgan fingerprint density at radius 3 is 2.78 bits per heavy atom. The van der Waals surface area contributed by atoms with Crippen LogP contribution in [-0.2, 0) is 19.4 Å². The molecule has 0 fully saturated rings. The molecule has 0 saturated carbocycles. The minimum absolute atomic E-state index is 0.792. The summed E-state index contributed by atoms with van der Waals surface area (Å²) in [7, 11) is 0. The van der Waals surface area contributed by atoms with Crippen molar-refractivity contribution in [2.45, 2.75) is 45.6 Å². The van der Waals surface area contributed by atoms with Crippen LogP contribution in [0.25, 0.3) is 11.2 Å². The third-order valence-corrected chi connectivity index (χ3v) is 4.52. The smallest absolute Gasteiger partial charge is 0.165 e. The lowest BCUT2D eigenvalue weighted by Crippen LogP contribution is -2.01. The molecule has 0 amide bonds. The van der Waals surface area contributed by atoms with Crippen LogP contribution in [0.2, 0.25) is 0 Å². The summed E-state index contributed by atoms with van der Waals surface area (Å²) in [5.74, 6) is 1.93. The number of imidazole rings is 1. The summed E-state index contributed by atoms with van der Waals surface area (Å²) < 4.78 is 2.26. The Labute approximate surface area is 135 Å². The molecule has 118 valence electrons. The largest absolute Gasteiger partial charge is 0.338 e. The molecule has 1 aliphatic heterocycles. The van der Waals surface area contributed by atoms with Crippen LogP contribution < -0.4 is 5.32 Å². The highest BCUT2D eigenvalue weighted by Crippen LogP contribution is 2.26. The highest BCUT2D eigenvalue weighted by molar-refractivity contribution is 5.85. The Hall–Kier alpha value is -2.43. The minimum atomic E-state index is 0.792. The lowest BCUT2D eigenvalue weighted by Gasteiger charge is -2.07. The zero-order valence-electron chi connectivity index (χ0n) is 13.4. The summed E-state index contributed by atoms with van der Waals surface area (Å²) in [6, 6.07) is 8.47. The fourth-order valence-corrected chi connectivity index (χ4v) is 3.19. The third-order valence-electron chi connectivity index (χ3n) is 4.52. The van der Waals surface area contributed by atoms with Gasteiger partial charge in [0.1, 0.15) is 12.2 Å². The number of aryl methyl sites for hydroxylation is 3. The summed E-state index contributed by atoms with van der Waals surface area (Å²) >= 11 is 0. The van der Waals surface area contributed by atoms with Crippen LogP contribution >= 0.6 is 0 Å². The first-order valence-electron chi connectivity index (χ1n) is 8.41. The lowest BCUT2D eigenvalue weighted by molar-refractivity contribution is 0.643. The first-order chi connectivity index (χ1) is 11.3. The van der Waals surface area contributed by atoms with Crippen molar-refractivity contribution in [1.82, 2.24) is 19.5 Å². The molecule has 3 aromatic rings. The molecule has 1 aliphatic rings. The van der Waals surface area contributed by atoms with Crippen LogP contribution in [0.5, 0.6) is 0 Å². The van der Waals surface area contributed by atoms with E-state index in [9.17, 15) is 0 Å². The predicted octanol–water partition coefficient (Wildman–Crippen LogP) is 3.86. The van der Waals surface area contributed by atoms with Crippen molar-refractivity contribution < 1.29 is 0 Å². The standard InChI is InChI=1S/C18H21N5/c1-2-13-7-9-14(10-8-13)21-17-16-18(20-12-19-17)23-11-5-3-4-6-15(23)22-16/h7-10,12H,2-6,11H2,1H3,(H,19,20,21). The van der Waals surface area contributed by atoms with Gasteiger partial charge in [-0.05, 0) is 37.0 Å². The van der Waals surface area contributed by atoms with Gasteiger partial charge in [-0.1, -0.05) is 25.5 Å². The molecule has 23 heavy (non-hydrogen) atoms. The number of anilines is 2. The number of fused-ring (bicyclic) bond motifs is 3. The van der Waals surface area contributed by atoms with Gasteiger partial charge in [0.2, 0.25) is 0 Å². The fourth-order valence-electron chi connectivity index (χ4n) is 3.19. The molecule has 1 N–H and O–H groups in total. The molecular weight excluding hydrogens is 286 g/mol. The van der Waals surface area contributed by atoms with Gasteiger partial charge in [-0.25, -0.2) is 15.0 Å². The summed E-state index contributed by atoms with van der Waals surface area (Å²) in [5.41, 5.74) is 4.19. The minimum Gasteiger partial charge on any atom is -0.338 e. The number of hydrogen-bond acceptors (Lipinski definition) is 4. The molecule has 0 saturated heterocycles. The molecule has 3 heterocycles. The molecule has 0 spiro atoms. The second-order valence-electron chi connectivity index (χ2n) is 6.06. The highest BCUT2D eigenvalue weighted by Gasteiger charge is 2.17. The van der Waals surface area contributed by atoms with E-state index in [1.165, 1.54) is 24.8 Å². The van der Waals surface area contributed by atoms with E-state index in [4.69, 9.17) is 4.98 Å². The van der Waals surface area contributed by atoms with Gasteiger partial charge in [0.25, 0.3) is 0 Å². The molecule has 0 aliphatic carbocycles. The van der Waals surface area contributed by atoms with Crippen LogP contribution in [0.4, 0.5) is 11.5 Å². The molecule has 1 aromatic carbocycles. The number of hydrogen-bond donors (Lipinski definition) is 1. The normalized spacial score (nSPS) is 14.5. The first-order valence-corrected chi connectivity index (χ1v) is 8.41. The first kappa shape index (κ1) is 14.2. The Balaban J connectivity index is 1.72. The fraction of sp³-hybridized carbons (Fsp3) is 0.389. The number of nitrogens with one attached hydrogen (secondary N) is 1. The number of benzene rings is 1. The Kier molecular flexibility index (Phi) is 3.69. The van der Waals surface area contributed by atoms with Crippen LogP contribution in [0.1, 0.15) is 37.6 Å². The molecule has 0 atom stereocenters. The maximum Gasteiger partial charge on any atom is 0.165 e. The third kappa shape index (κ3) is 2.67. The van der Waals surface area contributed by atoms with Gasteiger partial charge in [0.05, 0.1) is 0 Å². The Morgan fingerprint density at radius 1 is 1.09 bits per heavy atom. The Bertz CT molecular complexity index is 819. The Morgan fingerprint density at radius 2 is 1.96 bits per heavy atom. The molecule has 4 rings (SSSR count). The summed E-state index contributed by atoms with van der Waals surface area (Å²) in [6.07, 6.45) is 7.38. The van der Waals surface area contributed by atoms with E-state index in [1.807, 2.05) is 0 Å². The van der Waals surface area contributed by atoms with Crippen molar-refractivity contribution in [3.63, 3.8) is 0 Å². The lowest BCUT2D eigenvalue weighted by atomic mass is 10.1. The highest BCUT2D eigenvalue weighted by atomic mass is 15.2. The summed E-state index contributed by atoms with van der Waals surface area (Å²) in [6.45, 7) is 3.17. The molecular formula is C18H21N5. The zero-order chi connectivity index (χ0) is 15.6. The monoisotopic (exact) mass is 307 g/mol. The maximum absolute atomic E-state index is 4.82. The van der Waals surface area contributed by atoms with Crippen LogP contribution in [0, 0.1) is 0 Å². The molecule has 0 bridgehead atoms. The summed E-state index contributed by atoms with van der Waals surface area (Å²) in [4.78, 5) is 13.7. The number of aromatic nitrogens is 4. The van der Waals surface area contributed by atoms with E-state index < -0.39 is 0 Å².